The molecule has 0 saturated carbocycles. The zero-order valence-electron chi connectivity index (χ0n) is 10.9. The van der Waals surface area contributed by atoms with Gasteiger partial charge in [-0.25, -0.2) is 0 Å². The van der Waals surface area contributed by atoms with Crippen LogP contribution in [0.15, 0.2) is 34.9 Å². The molecule has 4 heteroatoms. The summed E-state index contributed by atoms with van der Waals surface area (Å²) in [4.78, 5) is 4.42. The number of anilines is 2. The van der Waals surface area contributed by atoms with Crippen LogP contribution in [0.4, 0.5) is 11.6 Å². The molecule has 0 fully saturated rings. The molecule has 96 valence electrons. The van der Waals surface area contributed by atoms with Crippen LogP contribution in [0.5, 0.6) is 0 Å². The lowest BCUT2D eigenvalue weighted by Gasteiger charge is -2.06. The molecular formula is C15H15N3O. The van der Waals surface area contributed by atoms with Gasteiger partial charge in [-0.15, -0.1) is 0 Å². The van der Waals surface area contributed by atoms with E-state index in [0.29, 0.717) is 11.3 Å². The fourth-order valence-electron chi connectivity index (χ4n) is 2.33. The van der Waals surface area contributed by atoms with Crippen LogP contribution in [0.3, 0.4) is 0 Å². The van der Waals surface area contributed by atoms with Crippen molar-refractivity contribution >= 4 is 22.5 Å². The first-order chi connectivity index (χ1) is 9.08. The quantitative estimate of drug-likeness (QED) is 0.697. The number of nitrogens with two attached hydrogens (primary N) is 2. The predicted molar refractivity (Wildman–Crippen MR) is 77.7 cm³/mol. The Kier molecular flexibility index (Phi) is 2.45. The summed E-state index contributed by atoms with van der Waals surface area (Å²) in [6.07, 6.45) is 1.72. The number of nitrogens with zero attached hydrogens (tertiary/aromatic N) is 1. The molecule has 0 aliphatic heterocycles. The zero-order valence-corrected chi connectivity index (χ0v) is 10.9. The molecule has 2 aromatic heterocycles. The standard InChI is InChI=1S/C15H15N3O/c1-8-3-4-10(9(2)7-8)13-14-11(5-6-18-13)12(16)15(17)19-14/h3-7H,16-17H2,1-2H3. The van der Waals surface area contributed by atoms with Crippen molar-refractivity contribution in [1.82, 2.24) is 4.98 Å². The SMILES string of the molecule is Cc1ccc(-c2nccc3c(N)c(N)oc23)c(C)c1. The second kappa shape index (κ2) is 4.02. The number of furan rings is 1. The molecule has 4 N–H and O–H groups in total. The predicted octanol–water partition coefficient (Wildman–Crippen LogP) is 3.28. The van der Waals surface area contributed by atoms with Gasteiger partial charge in [0, 0.05) is 17.1 Å². The van der Waals surface area contributed by atoms with Crippen molar-refractivity contribution in [2.75, 3.05) is 11.5 Å². The van der Waals surface area contributed by atoms with Crippen LogP contribution in [0.2, 0.25) is 0 Å². The number of hydrogen-bond donors (Lipinski definition) is 2. The molecule has 0 aliphatic carbocycles. The molecule has 0 saturated heterocycles. The van der Waals surface area contributed by atoms with Crippen molar-refractivity contribution in [2.24, 2.45) is 0 Å². The molecule has 19 heavy (non-hydrogen) atoms. The van der Waals surface area contributed by atoms with E-state index < -0.39 is 0 Å². The number of pyridine rings is 1. The van der Waals surface area contributed by atoms with E-state index in [1.807, 2.05) is 12.1 Å². The van der Waals surface area contributed by atoms with E-state index in [1.54, 1.807) is 6.20 Å². The molecule has 4 nitrogen and oxygen atoms in total. The van der Waals surface area contributed by atoms with Gasteiger partial charge >= 0.3 is 0 Å². The lowest BCUT2D eigenvalue weighted by atomic mass is 10.0. The molecular weight excluding hydrogens is 238 g/mol. The molecule has 2 heterocycles. The average molecular weight is 253 g/mol. The van der Waals surface area contributed by atoms with E-state index in [4.69, 9.17) is 15.9 Å². The van der Waals surface area contributed by atoms with Crippen LogP contribution in [-0.4, -0.2) is 4.98 Å². The normalized spacial score (nSPS) is 11.1. The number of benzene rings is 1. The average Bonchev–Trinajstić information content (AvgIpc) is 2.66. The molecule has 0 aliphatic rings. The fraction of sp³-hybridized carbons (Fsp3) is 0.133. The Morgan fingerprint density at radius 3 is 2.63 bits per heavy atom. The first-order valence-electron chi connectivity index (χ1n) is 6.08. The highest BCUT2D eigenvalue weighted by Gasteiger charge is 2.15. The minimum Gasteiger partial charge on any atom is -0.436 e. The van der Waals surface area contributed by atoms with Gasteiger partial charge in [0.1, 0.15) is 11.4 Å². The van der Waals surface area contributed by atoms with Gasteiger partial charge in [0.25, 0.3) is 0 Å². The van der Waals surface area contributed by atoms with Crippen molar-refractivity contribution in [1.29, 1.82) is 0 Å². The molecule has 0 bridgehead atoms. The smallest absolute Gasteiger partial charge is 0.214 e. The monoisotopic (exact) mass is 253 g/mol. The van der Waals surface area contributed by atoms with Gasteiger partial charge in [0.2, 0.25) is 5.88 Å². The molecule has 0 radical (unpaired) electrons. The molecule has 3 aromatic rings. The summed E-state index contributed by atoms with van der Waals surface area (Å²) in [5.41, 5.74) is 16.9. The first-order valence-corrected chi connectivity index (χ1v) is 6.08. The third-order valence-corrected chi connectivity index (χ3v) is 3.31. The third kappa shape index (κ3) is 1.73. The van der Waals surface area contributed by atoms with Crippen LogP contribution in [0.1, 0.15) is 11.1 Å². The number of rotatable bonds is 1. The van der Waals surface area contributed by atoms with Crippen molar-refractivity contribution < 1.29 is 4.42 Å². The van der Waals surface area contributed by atoms with Gasteiger partial charge in [0.05, 0.1) is 0 Å². The van der Waals surface area contributed by atoms with Crippen molar-refractivity contribution in [3.63, 3.8) is 0 Å². The third-order valence-electron chi connectivity index (χ3n) is 3.31. The molecule has 3 rings (SSSR count). The van der Waals surface area contributed by atoms with E-state index in [1.165, 1.54) is 5.56 Å². The number of hydrogen-bond acceptors (Lipinski definition) is 4. The summed E-state index contributed by atoms with van der Waals surface area (Å²) in [5.74, 6) is 0.244. The Morgan fingerprint density at radius 2 is 1.89 bits per heavy atom. The van der Waals surface area contributed by atoms with E-state index in [9.17, 15) is 0 Å². The summed E-state index contributed by atoms with van der Waals surface area (Å²) >= 11 is 0. The van der Waals surface area contributed by atoms with E-state index in [-0.39, 0.29) is 5.88 Å². The van der Waals surface area contributed by atoms with Crippen LogP contribution in [0.25, 0.3) is 22.2 Å². The summed E-state index contributed by atoms with van der Waals surface area (Å²) < 4.78 is 5.56. The molecule has 1 aromatic carbocycles. The van der Waals surface area contributed by atoms with E-state index in [2.05, 4.69) is 31.0 Å². The highest BCUT2D eigenvalue weighted by Crippen LogP contribution is 2.36. The van der Waals surface area contributed by atoms with E-state index >= 15 is 0 Å². The van der Waals surface area contributed by atoms with Crippen molar-refractivity contribution in [2.45, 2.75) is 13.8 Å². The van der Waals surface area contributed by atoms with Gasteiger partial charge in [-0.1, -0.05) is 23.8 Å². The molecule has 0 amide bonds. The number of aryl methyl sites for hydroxylation is 2. The minimum absolute atomic E-state index is 0.244. The highest BCUT2D eigenvalue weighted by molar-refractivity contribution is 6.01. The number of aromatic nitrogens is 1. The maximum Gasteiger partial charge on any atom is 0.214 e. The Balaban J connectivity index is 2.33. The Labute approximate surface area is 111 Å². The van der Waals surface area contributed by atoms with Gasteiger partial charge < -0.3 is 15.9 Å². The van der Waals surface area contributed by atoms with Gasteiger partial charge in [-0.3, -0.25) is 4.98 Å². The number of fused-ring (bicyclic) bond motifs is 1. The van der Waals surface area contributed by atoms with Gasteiger partial charge in [0.15, 0.2) is 5.58 Å². The Morgan fingerprint density at radius 1 is 1.11 bits per heavy atom. The van der Waals surface area contributed by atoms with Crippen molar-refractivity contribution in [3.05, 3.63) is 41.6 Å². The minimum atomic E-state index is 0.244. The van der Waals surface area contributed by atoms with Gasteiger partial charge in [-0.05, 0) is 25.5 Å². The van der Waals surface area contributed by atoms with Crippen molar-refractivity contribution in [3.8, 4) is 11.3 Å². The summed E-state index contributed by atoms with van der Waals surface area (Å²) in [6.45, 7) is 4.12. The molecule has 0 atom stereocenters. The number of nitrogen functional groups attached to an aromatic ring is 2. The summed E-state index contributed by atoms with van der Waals surface area (Å²) in [6, 6.07) is 8.03. The Hall–Kier alpha value is -2.49. The maximum absolute atomic E-state index is 5.90. The van der Waals surface area contributed by atoms with Crippen LogP contribution < -0.4 is 11.5 Å². The van der Waals surface area contributed by atoms with Crippen LogP contribution in [0, 0.1) is 13.8 Å². The zero-order chi connectivity index (χ0) is 13.6. The lowest BCUT2D eigenvalue weighted by molar-refractivity contribution is 0.638. The first kappa shape index (κ1) is 11.6. The second-order valence-corrected chi connectivity index (χ2v) is 4.73. The van der Waals surface area contributed by atoms with Crippen LogP contribution >= 0.6 is 0 Å². The topological polar surface area (TPSA) is 78.1 Å². The molecule has 0 spiro atoms. The Bertz CT molecular complexity index is 774. The largest absolute Gasteiger partial charge is 0.436 e. The van der Waals surface area contributed by atoms with Gasteiger partial charge in [-0.2, -0.15) is 0 Å². The molecule has 0 unspecified atom stereocenters. The van der Waals surface area contributed by atoms with Crippen LogP contribution in [-0.2, 0) is 0 Å². The second-order valence-electron chi connectivity index (χ2n) is 4.73. The highest BCUT2D eigenvalue weighted by atomic mass is 16.3. The maximum atomic E-state index is 5.90. The fourth-order valence-corrected chi connectivity index (χ4v) is 2.33. The summed E-state index contributed by atoms with van der Waals surface area (Å²) in [5, 5.41) is 0.808. The summed E-state index contributed by atoms with van der Waals surface area (Å²) in [7, 11) is 0. The van der Waals surface area contributed by atoms with E-state index in [0.717, 1.165) is 22.2 Å². The lowest BCUT2D eigenvalue weighted by Crippen LogP contribution is -1.90.